The number of aliphatic hydroxyl groups excluding tert-OH is 1. The van der Waals surface area contributed by atoms with E-state index < -0.39 is 30.1 Å². The van der Waals surface area contributed by atoms with Gasteiger partial charge in [0.2, 0.25) is 6.10 Å². The van der Waals surface area contributed by atoms with Crippen molar-refractivity contribution in [3.8, 4) is 0 Å². The molecule has 2 aromatic carbocycles. The molecule has 0 fully saturated rings. The van der Waals surface area contributed by atoms with Crippen molar-refractivity contribution >= 4 is 17.9 Å². The maximum atomic E-state index is 11.9. The van der Waals surface area contributed by atoms with Crippen LogP contribution in [0.3, 0.4) is 0 Å². The van der Waals surface area contributed by atoms with Gasteiger partial charge >= 0.3 is 17.9 Å². The SMILES string of the molecule is O=C(O[C@@H](C(=O)O)[C@@H](O)C(=O)OCc1ccccc1)c1ccccc1. The topological polar surface area (TPSA) is 110 Å². The Bertz CT molecular complexity index is 728. The highest BCUT2D eigenvalue weighted by Gasteiger charge is 2.37. The fraction of sp³-hybridized carbons (Fsp3) is 0.167. The van der Waals surface area contributed by atoms with Crippen LogP contribution in [0.1, 0.15) is 15.9 Å². The van der Waals surface area contributed by atoms with Crippen molar-refractivity contribution in [2.45, 2.75) is 18.8 Å². The molecule has 130 valence electrons. The van der Waals surface area contributed by atoms with Crippen LogP contribution in [-0.2, 0) is 25.7 Å². The van der Waals surface area contributed by atoms with Crippen molar-refractivity contribution in [2.75, 3.05) is 0 Å². The van der Waals surface area contributed by atoms with Crippen molar-refractivity contribution in [2.24, 2.45) is 0 Å². The summed E-state index contributed by atoms with van der Waals surface area (Å²) in [6.45, 7) is -0.143. The molecule has 0 radical (unpaired) electrons. The minimum Gasteiger partial charge on any atom is -0.478 e. The van der Waals surface area contributed by atoms with E-state index in [1.165, 1.54) is 12.1 Å². The van der Waals surface area contributed by atoms with Crippen molar-refractivity contribution in [3.05, 3.63) is 71.8 Å². The molecule has 2 rings (SSSR count). The van der Waals surface area contributed by atoms with Gasteiger partial charge in [-0.3, -0.25) is 0 Å². The van der Waals surface area contributed by atoms with Crippen LogP contribution >= 0.6 is 0 Å². The molecule has 0 saturated heterocycles. The fourth-order valence-electron chi connectivity index (χ4n) is 1.95. The lowest BCUT2D eigenvalue weighted by Crippen LogP contribution is -2.43. The van der Waals surface area contributed by atoms with Crippen LogP contribution in [0, 0.1) is 0 Å². The first-order valence-electron chi connectivity index (χ1n) is 7.36. The molecule has 2 atom stereocenters. The minimum absolute atomic E-state index is 0.0959. The highest BCUT2D eigenvalue weighted by Crippen LogP contribution is 2.10. The highest BCUT2D eigenvalue weighted by atomic mass is 16.6. The number of carbonyl (C=O) groups is 3. The largest absolute Gasteiger partial charge is 0.478 e. The summed E-state index contributed by atoms with van der Waals surface area (Å²) in [5.41, 5.74) is 0.759. The van der Waals surface area contributed by atoms with Gasteiger partial charge in [-0.15, -0.1) is 0 Å². The standard InChI is InChI=1S/C18H16O7/c19-14(18(23)24-11-12-7-3-1-4-8-12)15(16(20)21)25-17(22)13-9-5-2-6-10-13/h1-10,14-15,19H,11H2,(H,20,21)/t14-,15-/m1/s1. The van der Waals surface area contributed by atoms with E-state index in [9.17, 15) is 19.5 Å². The number of hydrogen-bond donors (Lipinski definition) is 2. The van der Waals surface area contributed by atoms with Crippen LogP contribution < -0.4 is 0 Å². The van der Waals surface area contributed by atoms with Gasteiger partial charge in [-0.1, -0.05) is 48.5 Å². The van der Waals surface area contributed by atoms with Crippen LogP contribution in [0.4, 0.5) is 0 Å². The molecule has 0 heterocycles. The van der Waals surface area contributed by atoms with Crippen LogP contribution in [-0.4, -0.2) is 40.3 Å². The summed E-state index contributed by atoms with van der Waals surface area (Å²) in [5, 5.41) is 19.0. The van der Waals surface area contributed by atoms with E-state index in [4.69, 9.17) is 14.6 Å². The minimum atomic E-state index is -2.14. The smallest absolute Gasteiger partial charge is 0.348 e. The predicted octanol–water partition coefficient (Wildman–Crippen LogP) is 1.40. The summed E-state index contributed by atoms with van der Waals surface area (Å²) in [5.74, 6) is -3.83. The predicted molar refractivity (Wildman–Crippen MR) is 85.5 cm³/mol. The molecule has 0 aliphatic heterocycles. The zero-order valence-corrected chi connectivity index (χ0v) is 13.1. The van der Waals surface area contributed by atoms with E-state index >= 15 is 0 Å². The second kappa shape index (κ2) is 8.60. The molecule has 7 nitrogen and oxygen atoms in total. The number of carboxylic acids is 1. The van der Waals surface area contributed by atoms with E-state index in [2.05, 4.69) is 0 Å². The Hall–Kier alpha value is -3.19. The van der Waals surface area contributed by atoms with Gasteiger partial charge in [0, 0.05) is 0 Å². The Labute approximate surface area is 143 Å². The third-order valence-corrected chi connectivity index (χ3v) is 3.24. The van der Waals surface area contributed by atoms with Gasteiger partial charge in [-0.2, -0.15) is 0 Å². The van der Waals surface area contributed by atoms with Crippen molar-refractivity contribution in [1.82, 2.24) is 0 Å². The normalized spacial score (nSPS) is 12.7. The molecular formula is C18H16O7. The third-order valence-electron chi connectivity index (χ3n) is 3.24. The van der Waals surface area contributed by atoms with Gasteiger partial charge in [-0.25, -0.2) is 14.4 Å². The Morgan fingerprint density at radius 3 is 2.04 bits per heavy atom. The average Bonchev–Trinajstić information content (AvgIpc) is 2.64. The lowest BCUT2D eigenvalue weighted by molar-refractivity contribution is -0.171. The highest BCUT2D eigenvalue weighted by molar-refractivity contribution is 5.93. The summed E-state index contributed by atoms with van der Waals surface area (Å²) in [6.07, 6.45) is -4.22. The fourth-order valence-corrected chi connectivity index (χ4v) is 1.95. The second-order valence-electron chi connectivity index (χ2n) is 5.07. The molecule has 0 aromatic heterocycles. The van der Waals surface area contributed by atoms with Crippen molar-refractivity contribution in [3.63, 3.8) is 0 Å². The molecule has 0 amide bonds. The number of aliphatic hydroxyl groups is 1. The van der Waals surface area contributed by atoms with Crippen molar-refractivity contribution in [1.29, 1.82) is 0 Å². The van der Waals surface area contributed by atoms with E-state index in [0.717, 1.165) is 0 Å². The quantitative estimate of drug-likeness (QED) is 0.731. The Kier molecular flexibility index (Phi) is 6.25. The molecule has 0 spiro atoms. The number of carboxylic acid groups (broad SMARTS) is 1. The summed E-state index contributed by atoms with van der Waals surface area (Å²) in [4.78, 5) is 35.0. The van der Waals surface area contributed by atoms with Crippen LogP contribution in [0.25, 0.3) is 0 Å². The van der Waals surface area contributed by atoms with Gasteiger partial charge in [-0.05, 0) is 17.7 Å². The lowest BCUT2D eigenvalue weighted by Gasteiger charge is -2.18. The molecule has 0 saturated carbocycles. The third kappa shape index (κ3) is 5.15. The average molecular weight is 344 g/mol. The number of hydrogen-bond acceptors (Lipinski definition) is 6. The first kappa shape index (κ1) is 18.2. The first-order valence-corrected chi connectivity index (χ1v) is 7.36. The monoisotopic (exact) mass is 344 g/mol. The van der Waals surface area contributed by atoms with Crippen LogP contribution in [0.5, 0.6) is 0 Å². The Morgan fingerprint density at radius 2 is 1.48 bits per heavy atom. The molecule has 0 aliphatic rings. The summed E-state index contributed by atoms with van der Waals surface area (Å²) in [7, 11) is 0. The Morgan fingerprint density at radius 1 is 0.920 bits per heavy atom. The molecule has 7 heteroatoms. The van der Waals surface area contributed by atoms with Crippen LogP contribution in [0.15, 0.2) is 60.7 Å². The Balaban J connectivity index is 1.99. The number of benzene rings is 2. The number of carbonyl (C=O) groups excluding carboxylic acids is 2. The molecule has 2 N–H and O–H groups in total. The van der Waals surface area contributed by atoms with E-state index in [0.29, 0.717) is 5.56 Å². The first-order chi connectivity index (χ1) is 12.0. The molecule has 2 aromatic rings. The van der Waals surface area contributed by atoms with Crippen LogP contribution in [0.2, 0.25) is 0 Å². The molecule has 0 aliphatic carbocycles. The van der Waals surface area contributed by atoms with E-state index in [1.807, 2.05) is 0 Å². The van der Waals surface area contributed by atoms with E-state index in [1.54, 1.807) is 48.5 Å². The number of aliphatic carboxylic acids is 1. The van der Waals surface area contributed by atoms with Gasteiger partial charge in [0.1, 0.15) is 6.61 Å². The molecular weight excluding hydrogens is 328 g/mol. The second-order valence-corrected chi connectivity index (χ2v) is 5.07. The zero-order chi connectivity index (χ0) is 18.2. The summed E-state index contributed by atoms with van der Waals surface area (Å²) < 4.78 is 9.61. The number of rotatable bonds is 7. The van der Waals surface area contributed by atoms with Gasteiger partial charge < -0.3 is 19.7 Å². The maximum absolute atomic E-state index is 11.9. The van der Waals surface area contributed by atoms with E-state index in [-0.39, 0.29) is 12.2 Å². The number of ether oxygens (including phenoxy) is 2. The molecule has 0 unspecified atom stereocenters. The molecule has 0 bridgehead atoms. The van der Waals surface area contributed by atoms with Gasteiger partial charge in [0.15, 0.2) is 6.10 Å². The van der Waals surface area contributed by atoms with Gasteiger partial charge in [0.25, 0.3) is 0 Å². The number of esters is 2. The lowest BCUT2D eigenvalue weighted by atomic mass is 10.2. The molecule has 25 heavy (non-hydrogen) atoms. The summed E-state index contributed by atoms with van der Waals surface area (Å²) in [6, 6.07) is 16.3. The summed E-state index contributed by atoms with van der Waals surface area (Å²) >= 11 is 0. The van der Waals surface area contributed by atoms with Gasteiger partial charge in [0.05, 0.1) is 5.56 Å². The zero-order valence-electron chi connectivity index (χ0n) is 13.1. The van der Waals surface area contributed by atoms with Crippen molar-refractivity contribution < 1.29 is 34.1 Å². The maximum Gasteiger partial charge on any atom is 0.348 e.